The Bertz CT molecular complexity index is 1050. The van der Waals surface area contributed by atoms with Gasteiger partial charge in [0.05, 0.1) is 5.91 Å². The molecule has 0 saturated heterocycles. The number of carbonyl (C=O) groups excluding carboxylic acids is 1. The number of allylic oxidation sites excluding steroid dienone is 4. The molecule has 3 aromatic rings. The van der Waals surface area contributed by atoms with E-state index in [9.17, 15) is 4.79 Å². The molecule has 35 heavy (non-hydrogen) atoms. The molecule has 2 nitrogen and oxygen atoms in total. The van der Waals surface area contributed by atoms with Crippen molar-refractivity contribution in [2.24, 2.45) is 5.92 Å². The molecular formula is C29H31Cl2NOSiZr. The number of amides is 1. The Balaban J connectivity index is 0. The van der Waals surface area contributed by atoms with Gasteiger partial charge in [-0.1, -0.05) is 128 Å². The zero-order valence-corrected chi connectivity index (χ0v) is 25.8. The molecule has 1 aliphatic carbocycles. The maximum absolute atomic E-state index is 10.5. The van der Waals surface area contributed by atoms with E-state index in [1.807, 2.05) is 13.0 Å². The van der Waals surface area contributed by atoms with Crippen molar-refractivity contribution in [2.45, 2.75) is 34.6 Å². The molecule has 0 heterocycles. The average molecular weight is 600 g/mol. The van der Waals surface area contributed by atoms with Gasteiger partial charge in [0.15, 0.2) is 0 Å². The number of benzene rings is 3. The van der Waals surface area contributed by atoms with Gasteiger partial charge in [-0.2, -0.15) is 11.1 Å². The van der Waals surface area contributed by atoms with Gasteiger partial charge in [-0.3, -0.25) is 6.08 Å². The number of hydrogen-bond acceptors (Lipinski definition) is 1. The quantitative estimate of drug-likeness (QED) is 0.315. The third-order valence-corrected chi connectivity index (χ3v) is 6.60. The largest absolute Gasteiger partial charge is 4.00 e. The summed E-state index contributed by atoms with van der Waals surface area (Å²) in [6.45, 7) is 10.6. The first-order valence-electron chi connectivity index (χ1n) is 10.8. The first kappa shape index (κ1) is 35.5. The Hall–Kier alpha value is -1.71. The van der Waals surface area contributed by atoms with Crippen molar-refractivity contribution in [1.29, 1.82) is 0 Å². The zero-order valence-electron chi connectivity index (χ0n) is 20.8. The van der Waals surface area contributed by atoms with Gasteiger partial charge < -0.3 is 35.3 Å². The predicted octanol–water partition coefficient (Wildman–Crippen LogP) is 0.257. The van der Waals surface area contributed by atoms with Gasteiger partial charge in [0, 0.05) is 0 Å². The van der Waals surface area contributed by atoms with Crippen LogP contribution in [0.1, 0.15) is 43.6 Å². The smallest absolute Gasteiger partial charge is 1.00 e. The number of aryl methyl sites for hydroxylation is 1. The van der Waals surface area contributed by atoms with Gasteiger partial charge >= 0.3 is 26.2 Å². The average Bonchev–Trinajstić information content (AvgIpc) is 3.01. The second-order valence-electron chi connectivity index (χ2n) is 7.85. The Morgan fingerprint density at radius 2 is 1.29 bits per heavy atom. The summed E-state index contributed by atoms with van der Waals surface area (Å²) in [5.41, 5.74) is 12.5. The van der Waals surface area contributed by atoms with E-state index in [0.717, 1.165) is 15.1 Å². The molecule has 1 atom stereocenters. The second-order valence-corrected chi connectivity index (χ2v) is 9.26. The third-order valence-electron chi connectivity index (χ3n) is 5.35. The Labute approximate surface area is 245 Å². The van der Waals surface area contributed by atoms with E-state index in [0.29, 0.717) is 11.5 Å². The second kappa shape index (κ2) is 18.5. The monoisotopic (exact) mass is 597 g/mol. The van der Waals surface area contributed by atoms with Gasteiger partial charge in [-0.15, -0.1) is 6.92 Å². The molecule has 1 unspecified atom stereocenters. The van der Waals surface area contributed by atoms with Crippen LogP contribution in [-0.4, -0.2) is 15.4 Å². The SMILES string of the molecule is CC1=[C-]C(C)C(C)=C1C.Cc1cccc(C([NH-])=O)c1.[Cl-].[Cl-].[Zr+4].c1ccc([Si]c2ccccc2)cc1. The number of halogens is 2. The van der Waals surface area contributed by atoms with Gasteiger partial charge in [0.25, 0.3) is 0 Å². The molecule has 0 aromatic heterocycles. The topological polar surface area (TPSA) is 40.9 Å². The van der Waals surface area contributed by atoms with Crippen molar-refractivity contribution < 1.29 is 55.8 Å². The summed E-state index contributed by atoms with van der Waals surface area (Å²) in [7, 11) is 0.777. The molecule has 6 heteroatoms. The number of nitrogens with one attached hydrogen (secondary N) is 1. The van der Waals surface area contributed by atoms with Crippen LogP contribution >= 0.6 is 0 Å². The van der Waals surface area contributed by atoms with Crippen molar-refractivity contribution in [2.75, 3.05) is 0 Å². The molecule has 4 rings (SSSR count). The van der Waals surface area contributed by atoms with Crippen molar-refractivity contribution in [1.82, 2.24) is 0 Å². The third kappa shape index (κ3) is 12.7. The molecule has 0 saturated carbocycles. The molecule has 2 radical (unpaired) electrons. The minimum absolute atomic E-state index is 0. The number of carbonyl (C=O) groups is 1. The van der Waals surface area contributed by atoms with Crippen molar-refractivity contribution in [3.05, 3.63) is 125 Å². The number of rotatable bonds is 3. The summed E-state index contributed by atoms with van der Waals surface area (Å²) >= 11 is 0. The zero-order chi connectivity index (χ0) is 23.5. The predicted molar refractivity (Wildman–Crippen MR) is 138 cm³/mol. The maximum atomic E-state index is 10.5. The molecule has 3 aromatic carbocycles. The van der Waals surface area contributed by atoms with E-state index in [-0.39, 0.29) is 51.0 Å². The van der Waals surface area contributed by atoms with Gasteiger partial charge in [0.1, 0.15) is 9.52 Å². The Morgan fingerprint density at radius 3 is 1.57 bits per heavy atom. The summed E-state index contributed by atoms with van der Waals surface area (Å²) in [5.74, 6) is -0.0614. The fraction of sp³-hybridized carbons (Fsp3) is 0.207. The van der Waals surface area contributed by atoms with Gasteiger partial charge in [-0.25, -0.2) is 5.57 Å². The van der Waals surface area contributed by atoms with Crippen LogP contribution in [0, 0.1) is 18.9 Å². The number of hydrogen-bond donors (Lipinski definition) is 0. The molecule has 1 aliphatic rings. The first-order chi connectivity index (χ1) is 15.3. The van der Waals surface area contributed by atoms with Crippen molar-refractivity contribution >= 4 is 25.8 Å². The summed E-state index contributed by atoms with van der Waals surface area (Å²) in [5, 5.41) is 2.79. The van der Waals surface area contributed by atoms with Crippen LogP contribution < -0.4 is 35.2 Å². The van der Waals surface area contributed by atoms with E-state index in [1.165, 1.54) is 27.1 Å². The molecule has 0 fully saturated rings. The van der Waals surface area contributed by atoms with Crippen molar-refractivity contribution in [3.63, 3.8) is 0 Å². The minimum Gasteiger partial charge on any atom is -1.00 e. The van der Waals surface area contributed by atoms with Crippen LogP contribution in [-0.2, 0) is 26.2 Å². The normalized spacial score (nSPS) is 13.3. The van der Waals surface area contributed by atoms with Gasteiger partial charge in [-0.05, 0) is 12.5 Å². The molecule has 0 aliphatic heterocycles. The van der Waals surface area contributed by atoms with E-state index in [2.05, 4.69) is 94.4 Å². The Kier molecular flexibility index (Phi) is 18.8. The maximum Gasteiger partial charge on any atom is 4.00 e. The van der Waals surface area contributed by atoms with E-state index in [1.54, 1.807) is 18.2 Å². The van der Waals surface area contributed by atoms with Crippen LogP contribution in [0.5, 0.6) is 0 Å². The van der Waals surface area contributed by atoms with Crippen molar-refractivity contribution in [3.8, 4) is 0 Å². The fourth-order valence-corrected chi connectivity index (χ4v) is 4.21. The summed E-state index contributed by atoms with van der Waals surface area (Å²) in [4.78, 5) is 10.5. The van der Waals surface area contributed by atoms with Gasteiger partial charge in [0.2, 0.25) is 0 Å². The van der Waals surface area contributed by atoms with E-state index in [4.69, 9.17) is 5.73 Å². The fourth-order valence-electron chi connectivity index (χ4n) is 3.16. The van der Waals surface area contributed by atoms with E-state index >= 15 is 0 Å². The van der Waals surface area contributed by atoms with E-state index < -0.39 is 5.91 Å². The van der Waals surface area contributed by atoms with Crippen LogP contribution in [0.15, 0.2) is 102 Å². The summed E-state index contributed by atoms with van der Waals surface area (Å²) in [6.07, 6.45) is 3.36. The minimum atomic E-state index is -0.622. The van der Waals surface area contributed by atoms with Crippen LogP contribution in [0.2, 0.25) is 0 Å². The molecule has 1 N–H and O–H groups in total. The molecule has 0 spiro atoms. The summed E-state index contributed by atoms with van der Waals surface area (Å²) < 4.78 is 0. The molecular weight excluding hydrogens is 569 g/mol. The molecule has 180 valence electrons. The molecule has 0 bridgehead atoms. The summed E-state index contributed by atoms with van der Waals surface area (Å²) in [6, 6.07) is 28.2. The van der Waals surface area contributed by atoms with Crippen LogP contribution in [0.4, 0.5) is 0 Å². The molecule has 1 amide bonds. The first-order valence-corrected chi connectivity index (χ1v) is 11.8. The van der Waals surface area contributed by atoms with Crippen LogP contribution in [0.3, 0.4) is 0 Å². The standard InChI is InChI=1S/C12H10Si.C9H13.C8H9NO.2ClH.Zr/c1-3-7-11(8-4-1)13-12-9-5-2-6-10-12;1-6-5-7(2)9(4)8(6)3;1-6-3-2-4-7(5-6)8(9)10;;;/h1-10H;6H,1-4H3;2-5H,1H3,(H2,9,10);2*1H;/q;-1;;;;+4/p-3. The van der Waals surface area contributed by atoms with Crippen LogP contribution in [0.25, 0.3) is 5.73 Å². The Morgan fingerprint density at radius 1 is 0.800 bits per heavy atom.